The van der Waals surface area contributed by atoms with Gasteiger partial charge >= 0.3 is 5.97 Å². The van der Waals surface area contributed by atoms with Gasteiger partial charge in [-0.2, -0.15) is 5.10 Å². The molecule has 1 atom stereocenters. The number of nitrogens with two attached hydrogens (primary N) is 1. The standard InChI is InChI=1S/C7H10BrN3O2/c1-13-7(12)5(9)2-6-4(8)3-10-11-6/h3,5H,2,9H2,1H3,(H,10,11). The highest BCUT2D eigenvalue weighted by atomic mass is 79.9. The number of halogens is 1. The molecule has 6 heteroatoms. The second-order valence-corrected chi connectivity index (χ2v) is 3.38. The van der Waals surface area contributed by atoms with Gasteiger partial charge in [0.05, 0.1) is 23.5 Å². The SMILES string of the molecule is COC(=O)C(N)Cc1[nH]ncc1Br. The molecule has 0 aliphatic rings. The largest absolute Gasteiger partial charge is 0.468 e. The number of H-pyrrole nitrogens is 1. The van der Waals surface area contributed by atoms with Crippen LogP contribution in [-0.2, 0) is 16.0 Å². The quantitative estimate of drug-likeness (QED) is 0.749. The number of nitrogens with zero attached hydrogens (tertiary/aromatic N) is 1. The monoisotopic (exact) mass is 247 g/mol. The van der Waals surface area contributed by atoms with Crippen LogP contribution in [0, 0.1) is 0 Å². The number of carbonyl (C=O) groups is 1. The van der Waals surface area contributed by atoms with Crippen molar-refractivity contribution in [3.05, 3.63) is 16.4 Å². The minimum absolute atomic E-state index is 0.382. The van der Waals surface area contributed by atoms with Crippen LogP contribution in [0.25, 0.3) is 0 Å². The van der Waals surface area contributed by atoms with E-state index >= 15 is 0 Å². The van der Waals surface area contributed by atoms with Crippen molar-refractivity contribution in [1.29, 1.82) is 0 Å². The summed E-state index contributed by atoms with van der Waals surface area (Å²) in [5.74, 6) is -0.429. The van der Waals surface area contributed by atoms with Crippen molar-refractivity contribution in [1.82, 2.24) is 10.2 Å². The van der Waals surface area contributed by atoms with E-state index in [-0.39, 0.29) is 0 Å². The summed E-state index contributed by atoms with van der Waals surface area (Å²) in [7, 11) is 1.31. The Hall–Kier alpha value is -0.880. The van der Waals surface area contributed by atoms with Crippen LogP contribution in [0.4, 0.5) is 0 Å². The third kappa shape index (κ3) is 2.53. The lowest BCUT2D eigenvalue weighted by molar-refractivity contribution is -0.142. The Labute approximate surface area is 83.8 Å². The maximum atomic E-state index is 11.0. The molecular formula is C7H10BrN3O2. The zero-order valence-corrected chi connectivity index (χ0v) is 8.67. The summed E-state index contributed by atoms with van der Waals surface area (Å²) < 4.78 is 5.30. The molecule has 1 aromatic heterocycles. The third-order valence-electron chi connectivity index (χ3n) is 1.59. The minimum atomic E-state index is -0.651. The van der Waals surface area contributed by atoms with E-state index in [2.05, 4.69) is 30.9 Å². The molecule has 3 N–H and O–H groups in total. The highest BCUT2D eigenvalue weighted by Gasteiger charge is 2.16. The van der Waals surface area contributed by atoms with E-state index in [9.17, 15) is 4.79 Å². The first-order valence-electron chi connectivity index (χ1n) is 3.66. The molecule has 72 valence electrons. The molecule has 0 spiro atoms. The summed E-state index contributed by atoms with van der Waals surface area (Å²) in [6, 6.07) is -0.651. The number of aromatic amines is 1. The third-order valence-corrected chi connectivity index (χ3v) is 2.28. The smallest absolute Gasteiger partial charge is 0.323 e. The van der Waals surface area contributed by atoms with Gasteiger partial charge < -0.3 is 10.5 Å². The molecule has 0 saturated carbocycles. The average molecular weight is 248 g/mol. The Morgan fingerprint density at radius 3 is 3.08 bits per heavy atom. The second-order valence-electron chi connectivity index (χ2n) is 2.53. The zero-order chi connectivity index (χ0) is 9.84. The van der Waals surface area contributed by atoms with Crippen LogP contribution in [0.2, 0.25) is 0 Å². The van der Waals surface area contributed by atoms with Gasteiger partial charge in [-0.3, -0.25) is 9.89 Å². The molecule has 0 amide bonds. The van der Waals surface area contributed by atoms with Crippen LogP contribution in [0.3, 0.4) is 0 Å². The summed E-state index contributed by atoms with van der Waals surface area (Å²) in [5.41, 5.74) is 6.33. The van der Waals surface area contributed by atoms with Crippen LogP contribution < -0.4 is 5.73 Å². The predicted octanol–water partition coefficient (Wildman–Crippen LogP) is 0.215. The number of aromatic nitrogens is 2. The van der Waals surface area contributed by atoms with Crippen molar-refractivity contribution in [2.24, 2.45) is 5.73 Å². The van der Waals surface area contributed by atoms with Gasteiger partial charge in [-0.25, -0.2) is 0 Å². The van der Waals surface area contributed by atoms with Crippen LogP contribution in [0.1, 0.15) is 5.69 Å². The summed E-state index contributed by atoms with van der Waals surface area (Å²) in [6.07, 6.45) is 1.99. The van der Waals surface area contributed by atoms with Crippen molar-refractivity contribution in [3.8, 4) is 0 Å². The molecule has 1 aromatic rings. The zero-order valence-electron chi connectivity index (χ0n) is 7.08. The Morgan fingerprint density at radius 1 is 1.92 bits per heavy atom. The van der Waals surface area contributed by atoms with E-state index in [1.807, 2.05) is 0 Å². The number of ether oxygens (including phenoxy) is 1. The van der Waals surface area contributed by atoms with E-state index in [1.54, 1.807) is 6.20 Å². The fourth-order valence-electron chi connectivity index (χ4n) is 0.896. The van der Waals surface area contributed by atoms with E-state index in [4.69, 9.17) is 5.73 Å². The number of methoxy groups -OCH3 is 1. The van der Waals surface area contributed by atoms with Crippen molar-refractivity contribution in [2.45, 2.75) is 12.5 Å². The van der Waals surface area contributed by atoms with Gasteiger partial charge in [0.1, 0.15) is 6.04 Å². The van der Waals surface area contributed by atoms with Gasteiger partial charge in [0.25, 0.3) is 0 Å². The Balaban J connectivity index is 2.59. The molecule has 0 aliphatic heterocycles. The Bertz CT molecular complexity index is 300. The highest BCUT2D eigenvalue weighted by molar-refractivity contribution is 9.10. The minimum Gasteiger partial charge on any atom is -0.468 e. The summed E-state index contributed by atoms with van der Waals surface area (Å²) in [4.78, 5) is 11.0. The molecule has 1 heterocycles. The van der Waals surface area contributed by atoms with Gasteiger partial charge in [-0.1, -0.05) is 0 Å². The highest BCUT2D eigenvalue weighted by Crippen LogP contribution is 2.13. The molecule has 0 fully saturated rings. The molecule has 0 aromatic carbocycles. The lowest BCUT2D eigenvalue weighted by atomic mass is 10.2. The van der Waals surface area contributed by atoms with Crippen LogP contribution in [0.5, 0.6) is 0 Å². The molecule has 0 saturated heterocycles. The Kier molecular flexibility index (Phi) is 3.44. The van der Waals surface area contributed by atoms with Gasteiger partial charge in [-0.15, -0.1) is 0 Å². The molecule has 13 heavy (non-hydrogen) atoms. The lowest BCUT2D eigenvalue weighted by Crippen LogP contribution is -2.33. The van der Waals surface area contributed by atoms with E-state index in [1.165, 1.54) is 7.11 Å². The van der Waals surface area contributed by atoms with Crippen LogP contribution in [-0.4, -0.2) is 29.3 Å². The number of esters is 1. The fourth-order valence-corrected chi connectivity index (χ4v) is 1.25. The van der Waals surface area contributed by atoms with E-state index in [0.717, 1.165) is 10.2 Å². The predicted molar refractivity (Wildman–Crippen MR) is 50.0 cm³/mol. The van der Waals surface area contributed by atoms with Crippen LogP contribution >= 0.6 is 15.9 Å². The summed E-state index contributed by atoms with van der Waals surface area (Å²) >= 11 is 3.26. The second kappa shape index (κ2) is 4.38. The Morgan fingerprint density at radius 2 is 2.62 bits per heavy atom. The lowest BCUT2D eigenvalue weighted by Gasteiger charge is -2.07. The fraction of sp³-hybridized carbons (Fsp3) is 0.429. The number of hydrogen-bond donors (Lipinski definition) is 2. The molecule has 5 nitrogen and oxygen atoms in total. The van der Waals surface area contributed by atoms with Crippen molar-refractivity contribution in [3.63, 3.8) is 0 Å². The first-order chi connectivity index (χ1) is 6.15. The van der Waals surface area contributed by atoms with Gasteiger partial charge in [0.2, 0.25) is 0 Å². The first-order valence-corrected chi connectivity index (χ1v) is 4.45. The molecule has 1 rings (SSSR count). The van der Waals surface area contributed by atoms with Gasteiger partial charge in [0, 0.05) is 6.42 Å². The first kappa shape index (κ1) is 10.2. The van der Waals surface area contributed by atoms with Crippen molar-refractivity contribution < 1.29 is 9.53 Å². The van der Waals surface area contributed by atoms with Gasteiger partial charge in [0.15, 0.2) is 0 Å². The summed E-state index contributed by atoms with van der Waals surface area (Å²) in [5, 5.41) is 6.51. The van der Waals surface area contributed by atoms with Crippen molar-refractivity contribution in [2.75, 3.05) is 7.11 Å². The summed E-state index contributed by atoms with van der Waals surface area (Å²) in [6.45, 7) is 0. The number of nitrogens with one attached hydrogen (secondary N) is 1. The number of rotatable bonds is 3. The topological polar surface area (TPSA) is 81.0 Å². The molecule has 0 bridgehead atoms. The molecule has 0 radical (unpaired) electrons. The van der Waals surface area contributed by atoms with Gasteiger partial charge in [-0.05, 0) is 15.9 Å². The number of hydrogen-bond acceptors (Lipinski definition) is 4. The molecule has 0 aliphatic carbocycles. The normalized spacial score (nSPS) is 12.5. The average Bonchev–Trinajstić information content (AvgIpc) is 2.50. The van der Waals surface area contributed by atoms with Crippen molar-refractivity contribution >= 4 is 21.9 Å². The molecular weight excluding hydrogens is 238 g/mol. The number of carbonyl (C=O) groups excluding carboxylic acids is 1. The van der Waals surface area contributed by atoms with Crippen LogP contribution in [0.15, 0.2) is 10.7 Å². The van der Waals surface area contributed by atoms with E-state index < -0.39 is 12.0 Å². The maximum absolute atomic E-state index is 11.0. The maximum Gasteiger partial charge on any atom is 0.323 e. The van der Waals surface area contributed by atoms with E-state index in [0.29, 0.717) is 6.42 Å². The molecule has 1 unspecified atom stereocenters.